The van der Waals surface area contributed by atoms with E-state index in [9.17, 15) is 19.5 Å². The summed E-state index contributed by atoms with van der Waals surface area (Å²) in [5.74, 6) is -1.57. The van der Waals surface area contributed by atoms with Crippen LogP contribution < -0.4 is 5.32 Å². The zero-order valence-corrected chi connectivity index (χ0v) is 16.0. The number of amides is 1. The van der Waals surface area contributed by atoms with Crippen molar-refractivity contribution in [1.29, 1.82) is 0 Å². The predicted molar refractivity (Wildman–Crippen MR) is 95.7 cm³/mol. The second kappa shape index (κ2) is 10.2. The smallest absolute Gasteiger partial charge is 0.303 e. The largest absolute Gasteiger partial charge is 0.463 e. The molecule has 1 aromatic rings. The number of hydrogen-bond donors (Lipinski definition) is 2. The summed E-state index contributed by atoms with van der Waals surface area (Å²) in [4.78, 5) is 34.4. The summed E-state index contributed by atoms with van der Waals surface area (Å²) in [6, 6.07) is 8.25. The third-order valence-electron chi connectivity index (χ3n) is 4.07. The molecule has 0 aliphatic carbocycles. The van der Waals surface area contributed by atoms with E-state index in [0.29, 0.717) is 0 Å². The van der Waals surface area contributed by atoms with E-state index in [1.54, 1.807) is 0 Å². The molecule has 1 saturated heterocycles. The first-order valence-electron chi connectivity index (χ1n) is 8.84. The minimum atomic E-state index is -1.45. The fourth-order valence-corrected chi connectivity index (χ4v) is 2.94. The highest BCUT2D eigenvalue weighted by molar-refractivity contribution is 5.73. The van der Waals surface area contributed by atoms with Crippen LogP contribution >= 0.6 is 0 Å². The number of benzene rings is 1. The van der Waals surface area contributed by atoms with Gasteiger partial charge in [0.15, 0.2) is 12.4 Å². The fourth-order valence-electron chi connectivity index (χ4n) is 2.94. The molecular formula is C19H25NO8. The summed E-state index contributed by atoms with van der Waals surface area (Å²) in [5.41, 5.74) is 0.850. The maximum absolute atomic E-state index is 11.6. The van der Waals surface area contributed by atoms with Crippen LogP contribution in [-0.4, -0.2) is 60.2 Å². The van der Waals surface area contributed by atoms with Gasteiger partial charge in [0, 0.05) is 20.8 Å². The van der Waals surface area contributed by atoms with Crippen LogP contribution in [0.1, 0.15) is 26.3 Å². The molecule has 0 radical (unpaired) electrons. The molecule has 1 aromatic carbocycles. The van der Waals surface area contributed by atoms with Crippen LogP contribution in [0.15, 0.2) is 30.3 Å². The summed E-state index contributed by atoms with van der Waals surface area (Å²) in [6.45, 7) is 3.63. The molecule has 9 heteroatoms. The van der Waals surface area contributed by atoms with Gasteiger partial charge in [-0.1, -0.05) is 30.3 Å². The lowest BCUT2D eigenvalue weighted by atomic mass is 9.96. The molecule has 1 aliphatic rings. The number of aliphatic hydroxyl groups is 1. The highest BCUT2D eigenvalue weighted by Crippen LogP contribution is 2.26. The van der Waals surface area contributed by atoms with Gasteiger partial charge in [0.05, 0.1) is 6.61 Å². The Labute approximate surface area is 162 Å². The second-order valence-corrected chi connectivity index (χ2v) is 6.43. The van der Waals surface area contributed by atoms with E-state index in [4.69, 9.17) is 18.9 Å². The Bertz CT molecular complexity index is 680. The van der Waals surface area contributed by atoms with Crippen molar-refractivity contribution in [2.24, 2.45) is 0 Å². The highest BCUT2D eigenvalue weighted by atomic mass is 16.7. The van der Waals surface area contributed by atoms with Crippen molar-refractivity contribution in [3.63, 3.8) is 0 Å². The van der Waals surface area contributed by atoms with Crippen molar-refractivity contribution < 1.29 is 38.4 Å². The molecule has 0 aromatic heterocycles. The monoisotopic (exact) mass is 395 g/mol. The lowest BCUT2D eigenvalue weighted by Gasteiger charge is -2.44. The number of nitrogens with one attached hydrogen (secondary N) is 1. The van der Waals surface area contributed by atoms with E-state index >= 15 is 0 Å². The van der Waals surface area contributed by atoms with Crippen LogP contribution in [-0.2, 0) is 39.9 Å². The summed E-state index contributed by atoms with van der Waals surface area (Å²) in [5, 5.41) is 12.9. The minimum absolute atomic E-state index is 0.145. The molecule has 1 heterocycles. The number of esters is 2. The van der Waals surface area contributed by atoms with Gasteiger partial charge in [0.2, 0.25) is 5.91 Å². The van der Waals surface area contributed by atoms with Gasteiger partial charge in [-0.15, -0.1) is 0 Å². The molecule has 0 spiro atoms. The van der Waals surface area contributed by atoms with Gasteiger partial charge in [-0.2, -0.15) is 0 Å². The van der Waals surface area contributed by atoms with Crippen molar-refractivity contribution in [1.82, 2.24) is 5.32 Å². The van der Waals surface area contributed by atoms with Crippen molar-refractivity contribution in [2.75, 3.05) is 6.61 Å². The highest BCUT2D eigenvalue weighted by Gasteiger charge is 2.49. The minimum Gasteiger partial charge on any atom is -0.463 e. The molecule has 0 bridgehead atoms. The Balaban J connectivity index is 2.26. The van der Waals surface area contributed by atoms with Crippen LogP contribution in [0.2, 0.25) is 0 Å². The Kier molecular flexibility index (Phi) is 7.91. The van der Waals surface area contributed by atoms with Crippen LogP contribution in [0, 0.1) is 0 Å². The second-order valence-electron chi connectivity index (χ2n) is 6.43. The molecule has 154 valence electrons. The number of aliphatic hydroxyl groups excluding tert-OH is 1. The topological polar surface area (TPSA) is 120 Å². The van der Waals surface area contributed by atoms with Crippen molar-refractivity contribution >= 4 is 17.8 Å². The molecule has 1 fully saturated rings. The summed E-state index contributed by atoms with van der Waals surface area (Å²) < 4.78 is 21.7. The van der Waals surface area contributed by atoms with Crippen LogP contribution in [0.4, 0.5) is 0 Å². The third kappa shape index (κ3) is 6.29. The van der Waals surface area contributed by atoms with E-state index in [-0.39, 0.29) is 13.2 Å². The quantitative estimate of drug-likeness (QED) is 0.632. The zero-order valence-electron chi connectivity index (χ0n) is 16.0. The first-order valence-corrected chi connectivity index (χ1v) is 8.84. The Morgan fingerprint density at radius 3 is 2.32 bits per heavy atom. The van der Waals surface area contributed by atoms with Crippen LogP contribution in [0.5, 0.6) is 0 Å². The van der Waals surface area contributed by atoms with Crippen molar-refractivity contribution in [3.8, 4) is 0 Å². The average molecular weight is 395 g/mol. The maximum Gasteiger partial charge on any atom is 0.303 e. The zero-order chi connectivity index (χ0) is 20.7. The molecule has 2 rings (SSSR count). The lowest BCUT2D eigenvalue weighted by Crippen LogP contribution is -2.65. The van der Waals surface area contributed by atoms with E-state index in [1.165, 1.54) is 20.8 Å². The third-order valence-corrected chi connectivity index (χ3v) is 4.07. The SMILES string of the molecule is CC(=O)N[C@@H]1[C@@H](OCc2ccccc2)[C@H](OC(C)=O)[C@@H](COC(C)=O)O[C@@H]1O. The van der Waals surface area contributed by atoms with Gasteiger partial charge in [-0.3, -0.25) is 14.4 Å². The Morgan fingerprint density at radius 2 is 1.75 bits per heavy atom. The molecule has 0 unspecified atom stereocenters. The maximum atomic E-state index is 11.6. The molecule has 28 heavy (non-hydrogen) atoms. The van der Waals surface area contributed by atoms with Gasteiger partial charge in [0.1, 0.15) is 24.9 Å². The normalized spacial score (nSPS) is 26.9. The predicted octanol–water partition coefficient (Wildman–Crippen LogP) is 0.289. The van der Waals surface area contributed by atoms with Gasteiger partial charge < -0.3 is 29.4 Å². The molecule has 2 N–H and O–H groups in total. The standard InChI is InChI=1S/C19H25NO8/c1-11(21)20-16-18(26-9-14-7-5-4-6-8-14)17(27-13(3)23)15(28-19(16)24)10-25-12(2)22/h4-8,15-19,24H,9-10H2,1-3H3,(H,20,21)/t15-,16-,17-,18-,19+/m1/s1. The Morgan fingerprint density at radius 1 is 1.07 bits per heavy atom. The summed E-state index contributed by atoms with van der Waals surface area (Å²) in [6.07, 6.45) is -4.36. The van der Waals surface area contributed by atoms with Crippen LogP contribution in [0.25, 0.3) is 0 Å². The van der Waals surface area contributed by atoms with E-state index in [1.807, 2.05) is 30.3 Å². The molecule has 5 atom stereocenters. The van der Waals surface area contributed by atoms with Crippen LogP contribution in [0.3, 0.4) is 0 Å². The molecule has 1 amide bonds. The van der Waals surface area contributed by atoms with Crippen molar-refractivity contribution in [3.05, 3.63) is 35.9 Å². The van der Waals surface area contributed by atoms with Gasteiger partial charge in [-0.05, 0) is 5.56 Å². The summed E-state index contributed by atoms with van der Waals surface area (Å²) in [7, 11) is 0. The Hall–Kier alpha value is -2.49. The number of carbonyl (C=O) groups excluding carboxylic acids is 3. The first kappa shape index (κ1) is 21.8. The average Bonchev–Trinajstić information content (AvgIpc) is 2.62. The number of hydrogen-bond acceptors (Lipinski definition) is 8. The molecule has 1 aliphatic heterocycles. The first-order chi connectivity index (χ1) is 13.3. The number of rotatable bonds is 7. The van der Waals surface area contributed by atoms with Gasteiger partial charge >= 0.3 is 11.9 Å². The molecule has 0 saturated carbocycles. The van der Waals surface area contributed by atoms with E-state index in [2.05, 4.69) is 5.32 Å². The van der Waals surface area contributed by atoms with Crippen molar-refractivity contribution in [2.45, 2.75) is 58.0 Å². The molecular weight excluding hydrogens is 370 g/mol. The molecule has 9 nitrogen and oxygen atoms in total. The lowest BCUT2D eigenvalue weighted by molar-refractivity contribution is -0.269. The van der Waals surface area contributed by atoms with Gasteiger partial charge in [-0.25, -0.2) is 0 Å². The fraction of sp³-hybridized carbons (Fsp3) is 0.526. The number of carbonyl (C=O) groups is 3. The summed E-state index contributed by atoms with van der Waals surface area (Å²) >= 11 is 0. The van der Waals surface area contributed by atoms with Gasteiger partial charge in [0.25, 0.3) is 0 Å². The number of ether oxygens (including phenoxy) is 4. The van der Waals surface area contributed by atoms with E-state index in [0.717, 1.165) is 5.56 Å². The van der Waals surface area contributed by atoms with E-state index < -0.39 is 48.5 Å².